The van der Waals surface area contributed by atoms with Crippen molar-refractivity contribution in [3.8, 4) is 0 Å². The van der Waals surface area contributed by atoms with E-state index in [2.05, 4.69) is 29.3 Å². The van der Waals surface area contributed by atoms with Gasteiger partial charge in [0.25, 0.3) is 0 Å². The van der Waals surface area contributed by atoms with Gasteiger partial charge in [-0.15, -0.1) is 0 Å². The summed E-state index contributed by atoms with van der Waals surface area (Å²) in [6.45, 7) is 2.08. The maximum Gasteiger partial charge on any atom is 0.0449 e. The molecule has 0 aliphatic heterocycles. The minimum atomic E-state index is 0.866. The Balaban J connectivity index is 2.64. The fourth-order valence-corrected chi connectivity index (χ4v) is 2.20. The SMILES string of the molecule is C[CH]CCCc1c(Cl)cccc1Br. The molecule has 0 spiro atoms. The molecule has 0 atom stereocenters. The fraction of sp³-hybridized carbons (Fsp3) is 0.364. The third-order valence-corrected chi connectivity index (χ3v) is 3.08. The van der Waals surface area contributed by atoms with Gasteiger partial charge in [-0.1, -0.05) is 46.9 Å². The fourth-order valence-electron chi connectivity index (χ4n) is 1.25. The molecule has 0 aliphatic carbocycles. The third kappa shape index (κ3) is 3.32. The molecule has 1 aromatic carbocycles. The van der Waals surface area contributed by atoms with Crippen LogP contribution in [0.2, 0.25) is 5.02 Å². The van der Waals surface area contributed by atoms with Crippen LogP contribution >= 0.6 is 27.5 Å². The molecule has 0 amide bonds. The largest absolute Gasteiger partial charge is 0.0840 e. The summed E-state index contributed by atoms with van der Waals surface area (Å²) in [5.41, 5.74) is 1.23. The number of benzene rings is 1. The number of hydrogen-bond acceptors (Lipinski definition) is 0. The van der Waals surface area contributed by atoms with E-state index in [1.807, 2.05) is 18.2 Å². The molecule has 1 rings (SSSR count). The lowest BCUT2D eigenvalue weighted by Crippen LogP contribution is -1.88. The molecule has 0 nitrogen and oxygen atoms in total. The van der Waals surface area contributed by atoms with Crippen molar-refractivity contribution in [2.45, 2.75) is 26.2 Å². The molecule has 0 unspecified atom stereocenters. The maximum atomic E-state index is 6.07. The minimum Gasteiger partial charge on any atom is -0.0840 e. The number of unbranched alkanes of at least 4 members (excludes halogenated alkanes) is 2. The molecule has 71 valence electrons. The second-order valence-corrected chi connectivity index (χ2v) is 4.26. The van der Waals surface area contributed by atoms with Gasteiger partial charge in [-0.3, -0.25) is 0 Å². The zero-order chi connectivity index (χ0) is 9.68. The van der Waals surface area contributed by atoms with E-state index in [0.29, 0.717) is 0 Å². The molecular formula is C11H13BrCl. The van der Waals surface area contributed by atoms with E-state index in [-0.39, 0.29) is 0 Å². The van der Waals surface area contributed by atoms with E-state index >= 15 is 0 Å². The molecule has 13 heavy (non-hydrogen) atoms. The molecule has 0 saturated carbocycles. The average molecular weight is 261 g/mol. The summed E-state index contributed by atoms with van der Waals surface area (Å²) in [6, 6.07) is 5.94. The van der Waals surface area contributed by atoms with Gasteiger partial charge in [0.15, 0.2) is 0 Å². The molecule has 0 aromatic heterocycles. The van der Waals surface area contributed by atoms with Gasteiger partial charge in [0.2, 0.25) is 0 Å². The van der Waals surface area contributed by atoms with Gasteiger partial charge in [0.1, 0.15) is 0 Å². The molecule has 0 bridgehead atoms. The molecule has 0 fully saturated rings. The van der Waals surface area contributed by atoms with Gasteiger partial charge in [-0.25, -0.2) is 0 Å². The Morgan fingerprint density at radius 1 is 1.46 bits per heavy atom. The van der Waals surface area contributed by atoms with Gasteiger partial charge in [-0.2, -0.15) is 0 Å². The van der Waals surface area contributed by atoms with Crippen molar-refractivity contribution in [2.24, 2.45) is 0 Å². The first-order valence-corrected chi connectivity index (χ1v) is 5.63. The number of rotatable bonds is 4. The van der Waals surface area contributed by atoms with Crippen molar-refractivity contribution < 1.29 is 0 Å². The summed E-state index contributed by atoms with van der Waals surface area (Å²) in [5.74, 6) is 0. The molecular weight excluding hydrogens is 247 g/mol. The molecule has 0 saturated heterocycles. The lowest BCUT2D eigenvalue weighted by atomic mass is 10.1. The first-order chi connectivity index (χ1) is 6.25. The molecule has 2 heteroatoms. The van der Waals surface area contributed by atoms with Crippen LogP contribution in [0.5, 0.6) is 0 Å². The first-order valence-electron chi connectivity index (χ1n) is 4.46. The Labute approximate surface area is 93.4 Å². The highest BCUT2D eigenvalue weighted by Gasteiger charge is 2.03. The zero-order valence-corrected chi connectivity index (χ0v) is 10.0. The van der Waals surface area contributed by atoms with Crippen LogP contribution in [-0.2, 0) is 6.42 Å². The van der Waals surface area contributed by atoms with Crippen molar-refractivity contribution >= 4 is 27.5 Å². The monoisotopic (exact) mass is 259 g/mol. The Morgan fingerprint density at radius 2 is 2.23 bits per heavy atom. The van der Waals surface area contributed by atoms with Crippen molar-refractivity contribution in [2.75, 3.05) is 0 Å². The second-order valence-electron chi connectivity index (χ2n) is 3.00. The zero-order valence-electron chi connectivity index (χ0n) is 7.69. The third-order valence-electron chi connectivity index (χ3n) is 1.98. The highest BCUT2D eigenvalue weighted by Crippen LogP contribution is 2.26. The summed E-state index contributed by atoms with van der Waals surface area (Å²) < 4.78 is 1.12. The van der Waals surface area contributed by atoms with E-state index in [9.17, 15) is 0 Å². The predicted octanol–water partition coefficient (Wildman–Crippen LogP) is 4.65. The smallest absolute Gasteiger partial charge is 0.0449 e. The van der Waals surface area contributed by atoms with E-state index in [1.165, 1.54) is 12.0 Å². The van der Waals surface area contributed by atoms with Crippen LogP contribution in [0.15, 0.2) is 22.7 Å². The Kier molecular flexibility index (Phi) is 4.82. The maximum absolute atomic E-state index is 6.07. The summed E-state index contributed by atoms with van der Waals surface area (Å²) in [7, 11) is 0. The minimum absolute atomic E-state index is 0.866. The van der Waals surface area contributed by atoms with E-state index in [1.54, 1.807) is 0 Å². The van der Waals surface area contributed by atoms with E-state index in [0.717, 1.165) is 22.3 Å². The van der Waals surface area contributed by atoms with Gasteiger partial charge in [0, 0.05) is 9.50 Å². The van der Waals surface area contributed by atoms with Crippen LogP contribution in [0.3, 0.4) is 0 Å². The van der Waals surface area contributed by atoms with E-state index < -0.39 is 0 Å². The summed E-state index contributed by atoms with van der Waals surface area (Å²) >= 11 is 9.57. The highest BCUT2D eigenvalue weighted by atomic mass is 79.9. The Bertz CT molecular complexity index is 251. The predicted molar refractivity (Wildman–Crippen MR) is 62.1 cm³/mol. The van der Waals surface area contributed by atoms with Crippen LogP contribution in [-0.4, -0.2) is 0 Å². The topological polar surface area (TPSA) is 0 Å². The van der Waals surface area contributed by atoms with Crippen LogP contribution in [0.25, 0.3) is 0 Å². The molecule has 1 radical (unpaired) electrons. The molecule has 0 N–H and O–H groups in total. The molecule has 1 aromatic rings. The molecule has 0 heterocycles. The van der Waals surface area contributed by atoms with Crippen LogP contribution in [0, 0.1) is 6.42 Å². The Hall–Kier alpha value is -0.0100. The summed E-state index contributed by atoms with van der Waals surface area (Å²) in [4.78, 5) is 0. The average Bonchev–Trinajstić information content (AvgIpc) is 2.10. The van der Waals surface area contributed by atoms with Gasteiger partial charge in [-0.05, 0) is 37.0 Å². The first kappa shape index (κ1) is 11.1. The number of hydrogen-bond donors (Lipinski definition) is 0. The standard InChI is InChI=1S/C11H13BrCl/c1-2-3-4-6-9-10(12)7-5-8-11(9)13/h2,5,7-8H,3-4,6H2,1H3. The van der Waals surface area contributed by atoms with Gasteiger partial charge in [0.05, 0.1) is 0 Å². The van der Waals surface area contributed by atoms with Crippen LogP contribution in [0.4, 0.5) is 0 Å². The van der Waals surface area contributed by atoms with Crippen molar-refractivity contribution in [3.63, 3.8) is 0 Å². The summed E-state index contributed by atoms with van der Waals surface area (Å²) in [6.07, 6.45) is 5.55. The lowest BCUT2D eigenvalue weighted by molar-refractivity contribution is 0.805. The van der Waals surface area contributed by atoms with Crippen molar-refractivity contribution in [1.82, 2.24) is 0 Å². The van der Waals surface area contributed by atoms with Crippen LogP contribution < -0.4 is 0 Å². The van der Waals surface area contributed by atoms with Gasteiger partial charge < -0.3 is 0 Å². The lowest BCUT2D eigenvalue weighted by Gasteiger charge is -2.05. The van der Waals surface area contributed by atoms with Crippen molar-refractivity contribution in [1.29, 1.82) is 0 Å². The van der Waals surface area contributed by atoms with Gasteiger partial charge >= 0.3 is 0 Å². The number of halogens is 2. The summed E-state index contributed by atoms with van der Waals surface area (Å²) in [5, 5.41) is 0.866. The van der Waals surface area contributed by atoms with Crippen LogP contribution in [0.1, 0.15) is 25.3 Å². The second kappa shape index (κ2) is 5.66. The quantitative estimate of drug-likeness (QED) is 0.691. The Morgan fingerprint density at radius 3 is 2.85 bits per heavy atom. The normalized spacial score (nSPS) is 10.4. The highest BCUT2D eigenvalue weighted by molar-refractivity contribution is 9.10. The van der Waals surface area contributed by atoms with E-state index in [4.69, 9.17) is 11.6 Å². The molecule has 0 aliphatic rings. The van der Waals surface area contributed by atoms with Crippen molar-refractivity contribution in [3.05, 3.63) is 39.7 Å².